The number of nitrogens with one attached hydrogen (secondary N) is 2. The van der Waals surface area contributed by atoms with Gasteiger partial charge in [-0.1, -0.05) is 54.6 Å². The van der Waals surface area contributed by atoms with Crippen molar-refractivity contribution in [1.29, 1.82) is 0 Å². The van der Waals surface area contributed by atoms with Crippen LogP contribution in [0.15, 0.2) is 78.5 Å². The van der Waals surface area contributed by atoms with E-state index in [0.29, 0.717) is 17.7 Å². The third-order valence-corrected chi connectivity index (χ3v) is 5.85. The van der Waals surface area contributed by atoms with Crippen LogP contribution >= 0.6 is 0 Å². The monoisotopic (exact) mass is 376 g/mol. The molecule has 0 saturated heterocycles. The number of aliphatic hydroxyl groups excluding tert-OH is 1. The molecule has 4 rings (SSSR count). The topological polar surface area (TPSA) is 70.6 Å². The van der Waals surface area contributed by atoms with E-state index < -0.39 is 17.2 Å². The molecule has 0 amide bonds. The lowest BCUT2D eigenvalue weighted by Gasteiger charge is -2.53. The number of carbonyl (C=O) groups is 1. The molecule has 3 unspecified atom stereocenters. The van der Waals surface area contributed by atoms with Gasteiger partial charge in [0.1, 0.15) is 5.75 Å². The Morgan fingerprint density at radius 2 is 1.79 bits per heavy atom. The van der Waals surface area contributed by atoms with Crippen LogP contribution in [0.5, 0.6) is 5.75 Å². The Bertz CT molecular complexity index is 953. The Labute approximate surface area is 164 Å². The number of allylic oxidation sites excluding steroid dienone is 1. The van der Waals surface area contributed by atoms with E-state index in [1.54, 1.807) is 18.2 Å². The minimum atomic E-state index is -1.37. The lowest BCUT2D eigenvalue weighted by atomic mass is 9.65. The zero-order valence-corrected chi connectivity index (χ0v) is 16.0. The minimum Gasteiger partial charge on any atom is -0.476 e. The van der Waals surface area contributed by atoms with E-state index in [1.165, 1.54) is 0 Å². The van der Waals surface area contributed by atoms with E-state index in [1.807, 2.05) is 68.7 Å². The maximum Gasteiger partial charge on any atom is 0.199 e. The van der Waals surface area contributed by atoms with Gasteiger partial charge in [0.15, 0.2) is 17.5 Å². The molecule has 1 heterocycles. The summed E-state index contributed by atoms with van der Waals surface area (Å²) in [4.78, 5) is 13.2. The normalized spacial score (nSPS) is 28.9. The second-order valence-corrected chi connectivity index (χ2v) is 7.13. The summed E-state index contributed by atoms with van der Waals surface area (Å²) < 4.78 is 6.56. The van der Waals surface area contributed by atoms with E-state index in [2.05, 4.69) is 10.6 Å². The summed E-state index contributed by atoms with van der Waals surface area (Å²) in [6.45, 7) is 0. The fraction of sp³-hybridized carbons (Fsp3) is 0.261. The number of fused-ring (bicyclic) bond motifs is 1. The molecular weight excluding hydrogens is 352 g/mol. The molecule has 1 aliphatic heterocycles. The first-order chi connectivity index (χ1) is 13.6. The highest BCUT2D eigenvalue weighted by Gasteiger charge is 2.62. The van der Waals surface area contributed by atoms with Gasteiger partial charge in [-0.2, -0.15) is 0 Å². The zero-order valence-electron chi connectivity index (χ0n) is 16.0. The number of ketones is 1. The summed E-state index contributed by atoms with van der Waals surface area (Å²) in [5, 5.41) is 17.9. The zero-order chi connectivity index (χ0) is 19.8. The summed E-state index contributed by atoms with van der Waals surface area (Å²) in [7, 11) is 3.69. The summed E-state index contributed by atoms with van der Waals surface area (Å²) in [5.41, 5.74) is -0.0197. The maximum atomic E-state index is 13.2. The second-order valence-electron chi connectivity index (χ2n) is 7.13. The largest absolute Gasteiger partial charge is 0.476 e. The highest BCUT2D eigenvalue weighted by Crippen LogP contribution is 2.49. The number of rotatable bonds is 4. The van der Waals surface area contributed by atoms with Crippen molar-refractivity contribution in [3.8, 4) is 5.75 Å². The van der Waals surface area contributed by atoms with Gasteiger partial charge in [-0.3, -0.25) is 4.79 Å². The Hall–Kier alpha value is -2.89. The second kappa shape index (κ2) is 6.93. The highest BCUT2D eigenvalue weighted by molar-refractivity contribution is 6.04. The van der Waals surface area contributed by atoms with Gasteiger partial charge < -0.3 is 20.5 Å². The Morgan fingerprint density at radius 3 is 2.43 bits per heavy atom. The molecule has 0 radical (unpaired) electrons. The van der Waals surface area contributed by atoms with Crippen LogP contribution in [0.1, 0.15) is 22.3 Å². The Kier molecular flexibility index (Phi) is 4.57. The van der Waals surface area contributed by atoms with Crippen molar-refractivity contribution in [3.63, 3.8) is 0 Å². The van der Waals surface area contributed by atoms with Crippen molar-refractivity contribution in [2.24, 2.45) is 0 Å². The van der Waals surface area contributed by atoms with Crippen molar-refractivity contribution >= 4 is 5.78 Å². The predicted molar refractivity (Wildman–Crippen MR) is 108 cm³/mol. The van der Waals surface area contributed by atoms with Gasteiger partial charge in [0.05, 0.1) is 11.1 Å². The number of Topliss-reactive ketones (excluding diaryl/α,β-unsaturated/α-hetero) is 1. The summed E-state index contributed by atoms with van der Waals surface area (Å²) in [6.07, 6.45) is 5.15. The van der Waals surface area contributed by atoms with Crippen LogP contribution in [-0.4, -0.2) is 36.6 Å². The third-order valence-electron chi connectivity index (χ3n) is 5.85. The van der Waals surface area contributed by atoms with E-state index in [4.69, 9.17) is 4.74 Å². The van der Waals surface area contributed by atoms with E-state index in [0.717, 1.165) is 11.3 Å². The molecule has 0 bridgehead atoms. The molecule has 0 fully saturated rings. The van der Waals surface area contributed by atoms with Crippen molar-refractivity contribution < 1.29 is 14.6 Å². The van der Waals surface area contributed by atoms with Crippen LogP contribution in [0.25, 0.3) is 0 Å². The van der Waals surface area contributed by atoms with Crippen LogP contribution in [0.3, 0.4) is 0 Å². The summed E-state index contributed by atoms with van der Waals surface area (Å²) in [6, 6.07) is 16.6. The smallest absolute Gasteiger partial charge is 0.199 e. The Balaban J connectivity index is 1.97. The van der Waals surface area contributed by atoms with Gasteiger partial charge >= 0.3 is 0 Å². The molecule has 3 N–H and O–H groups in total. The fourth-order valence-electron chi connectivity index (χ4n) is 4.29. The van der Waals surface area contributed by atoms with E-state index in [9.17, 15) is 9.90 Å². The molecule has 5 nitrogen and oxygen atoms in total. The minimum absolute atomic E-state index is 0.336. The number of aliphatic hydroxyl groups is 1. The summed E-state index contributed by atoms with van der Waals surface area (Å²) >= 11 is 0. The van der Waals surface area contributed by atoms with Crippen molar-refractivity contribution in [2.45, 2.75) is 23.7 Å². The van der Waals surface area contributed by atoms with E-state index >= 15 is 0 Å². The van der Waals surface area contributed by atoms with Crippen LogP contribution in [0.2, 0.25) is 0 Å². The van der Waals surface area contributed by atoms with Gasteiger partial charge in [-0.05, 0) is 31.7 Å². The molecule has 0 aromatic heterocycles. The average molecular weight is 376 g/mol. The quantitative estimate of drug-likeness (QED) is 0.765. The van der Waals surface area contributed by atoms with Crippen LogP contribution in [0.4, 0.5) is 0 Å². The standard InChI is InChI=1S/C23H24N2O3/c1-24-17-12-14-22(25-2,15-13-17)23(16-8-4-3-5-9-16)21(27)20(26)18-10-6-7-11-19(18)28-23/h3-14,21,24-25,27H,15H2,1-2H3. The molecule has 28 heavy (non-hydrogen) atoms. The number of likely N-dealkylation sites (N-methyl/N-ethyl adjacent to an activating group) is 2. The first-order valence-electron chi connectivity index (χ1n) is 9.40. The van der Waals surface area contributed by atoms with Gasteiger partial charge in [-0.15, -0.1) is 0 Å². The molecule has 5 heteroatoms. The molecule has 2 aromatic carbocycles. The third kappa shape index (κ3) is 2.51. The van der Waals surface area contributed by atoms with Gasteiger partial charge in [0.25, 0.3) is 0 Å². The number of para-hydroxylation sites is 1. The molecule has 144 valence electrons. The molecule has 2 aromatic rings. The first kappa shape index (κ1) is 18.5. The summed E-state index contributed by atoms with van der Waals surface area (Å²) in [5.74, 6) is 0.144. The lowest BCUT2D eigenvalue weighted by molar-refractivity contribution is -0.0972. The van der Waals surface area contributed by atoms with E-state index in [-0.39, 0.29) is 5.78 Å². The van der Waals surface area contributed by atoms with Crippen LogP contribution < -0.4 is 15.4 Å². The molecule has 0 saturated carbocycles. The SMILES string of the molecule is CNC1=CCC(NC)(C2(c3ccccc3)Oc3ccccc3C(=O)C2O)C=C1. The van der Waals surface area contributed by atoms with Gasteiger partial charge in [0.2, 0.25) is 0 Å². The molecular formula is C23H24N2O3. The lowest BCUT2D eigenvalue weighted by Crippen LogP contribution is -2.70. The molecule has 2 aliphatic rings. The highest BCUT2D eigenvalue weighted by atomic mass is 16.5. The maximum absolute atomic E-state index is 13.2. The Morgan fingerprint density at radius 1 is 1.07 bits per heavy atom. The molecule has 0 spiro atoms. The number of ether oxygens (including phenoxy) is 1. The van der Waals surface area contributed by atoms with Crippen LogP contribution in [0, 0.1) is 0 Å². The molecule has 3 atom stereocenters. The molecule has 1 aliphatic carbocycles. The van der Waals surface area contributed by atoms with Crippen LogP contribution in [-0.2, 0) is 5.60 Å². The number of hydrogen-bond donors (Lipinski definition) is 3. The van der Waals surface area contributed by atoms with Crippen molar-refractivity contribution in [2.75, 3.05) is 14.1 Å². The number of benzene rings is 2. The van der Waals surface area contributed by atoms with Gasteiger partial charge in [-0.25, -0.2) is 0 Å². The van der Waals surface area contributed by atoms with Crippen molar-refractivity contribution in [1.82, 2.24) is 10.6 Å². The first-order valence-corrected chi connectivity index (χ1v) is 9.40. The average Bonchev–Trinajstić information content (AvgIpc) is 2.77. The number of carbonyl (C=O) groups excluding carboxylic acids is 1. The number of hydrogen-bond acceptors (Lipinski definition) is 5. The fourth-order valence-corrected chi connectivity index (χ4v) is 4.29. The van der Waals surface area contributed by atoms with Gasteiger partial charge in [0, 0.05) is 18.3 Å². The van der Waals surface area contributed by atoms with Crippen molar-refractivity contribution in [3.05, 3.63) is 89.6 Å². The predicted octanol–water partition coefficient (Wildman–Crippen LogP) is 2.54.